The molecule has 0 bridgehead atoms. The minimum absolute atomic E-state index is 0.563. The molecule has 0 spiro atoms. The van der Waals surface area contributed by atoms with Gasteiger partial charge in [-0.25, -0.2) is 4.39 Å². The average Bonchev–Trinajstić information content (AvgIpc) is 2.98. The van der Waals surface area contributed by atoms with Crippen LogP contribution in [0.1, 0.15) is 42.6 Å². The minimum Gasteiger partial charge on any atom is -0.481 e. The lowest BCUT2D eigenvalue weighted by Crippen LogP contribution is -2.20. The molecule has 3 heteroatoms. The van der Waals surface area contributed by atoms with Gasteiger partial charge in [0.2, 0.25) is 0 Å². The summed E-state index contributed by atoms with van der Waals surface area (Å²) < 4.78 is 13.2. The zero-order valence-electron chi connectivity index (χ0n) is 9.46. The maximum absolute atomic E-state index is 13.2. The van der Waals surface area contributed by atoms with E-state index < -0.39 is 17.6 Å². The number of alkyl halides is 1. The van der Waals surface area contributed by atoms with Crippen molar-refractivity contribution in [3.05, 3.63) is 34.9 Å². The summed E-state index contributed by atoms with van der Waals surface area (Å²) in [5.74, 6) is -0.792. The number of hydrogen-bond acceptors (Lipinski definition) is 1. The smallest absolute Gasteiger partial charge is 0.314 e. The molecule has 1 saturated carbocycles. The maximum Gasteiger partial charge on any atom is 0.314 e. The average molecular weight is 222 g/mol. The number of aryl methyl sites for hydroxylation is 1. The van der Waals surface area contributed by atoms with E-state index in [1.165, 1.54) is 6.92 Å². The molecule has 1 aromatic carbocycles. The molecule has 2 nitrogen and oxygen atoms in total. The molecule has 0 aromatic heterocycles. The first-order valence-electron chi connectivity index (χ1n) is 5.46. The fourth-order valence-electron chi connectivity index (χ4n) is 2.13. The van der Waals surface area contributed by atoms with Gasteiger partial charge in [0, 0.05) is 0 Å². The van der Waals surface area contributed by atoms with Crippen molar-refractivity contribution in [2.45, 2.75) is 38.3 Å². The van der Waals surface area contributed by atoms with Gasteiger partial charge < -0.3 is 5.11 Å². The molecular formula is C13H15FO2. The van der Waals surface area contributed by atoms with Crippen molar-refractivity contribution in [1.29, 1.82) is 0 Å². The summed E-state index contributed by atoms with van der Waals surface area (Å²) in [6, 6.07) is 5.24. The van der Waals surface area contributed by atoms with Crippen LogP contribution in [0.5, 0.6) is 0 Å². The van der Waals surface area contributed by atoms with Crippen LogP contribution in [0.4, 0.5) is 4.39 Å². The molecule has 1 unspecified atom stereocenters. The molecule has 2 rings (SSSR count). The van der Waals surface area contributed by atoms with Crippen LogP contribution in [0.2, 0.25) is 0 Å². The van der Waals surface area contributed by atoms with Crippen molar-refractivity contribution < 1.29 is 14.3 Å². The van der Waals surface area contributed by atoms with E-state index in [4.69, 9.17) is 0 Å². The SMILES string of the molecule is Cc1ccc(C(C)F)cc1C1(C(=O)O)CC1. The zero-order valence-corrected chi connectivity index (χ0v) is 9.46. The highest BCUT2D eigenvalue weighted by molar-refractivity contribution is 5.85. The Morgan fingerprint density at radius 2 is 2.12 bits per heavy atom. The third kappa shape index (κ3) is 1.60. The molecule has 1 atom stereocenters. The predicted molar refractivity (Wildman–Crippen MR) is 59.2 cm³/mol. The van der Waals surface area contributed by atoms with Crippen molar-refractivity contribution >= 4 is 5.97 Å². The molecule has 0 amide bonds. The second-order valence-corrected chi connectivity index (χ2v) is 4.58. The number of aliphatic carboxylic acids is 1. The Kier molecular flexibility index (Phi) is 2.49. The van der Waals surface area contributed by atoms with E-state index in [0.29, 0.717) is 18.4 Å². The number of carbonyl (C=O) groups is 1. The van der Waals surface area contributed by atoms with Gasteiger partial charge in [-0.15, -0.1) is 0 Å². The standard InChI is InChI=1S/C13H15FO2/c1-8-3-4-10(9(2)14)7-11(8)13(5-6-13)12(15)16/h3-4,7,9H,5-6H2,1-2H3,(H,15,16). The van der Waals surface area contributed by atoms with E-state index in [2.05, 4.69) is 0 Å². The van der Waals surface area contributed by atoms with E-state index in [1.54, 1.807) is 12.1 Å². The Balaban J connectivity index is 2.48. The summed E-state index contributed by atoms with van der Waals surface area (Å²) in [5.41, 5.74) is 1.54. The van der Waals surface area contributed by atoms with Gasteiger partial charge in [0.05, 0.1) is 5.41 Å². The molecule has 86 valence electrons. The van der Waals surface area contributed by atoms with Crippen LogP contribution in [0.25, 0.3) is 0 Å². The van der Waals surface area contributed by atoms with Crippen LogP contribution in [-0.4, -0.2) is 11.1 Å². The van der Waals surface area contributed by atoms with Crippen LogP contribution in [0.15, 0.2) is 18.2 Å². The summed E-state index contributed by atoms with van der Waals surface area (Å²) >= 11 is 0. The molecule has 1 aromatic rings. The third-order valence-corrected chi connectivity index (χ3v) is 3.40. The predicted octanol–water partition coefficient (Wildman–Crippen LogP) is 3.14. The van der Waals surface area contributed by atoms with Crippen molar-refractivity contribution in [3.8, 4) is 0 Å². The Hall–Kier alpha value is -1.38. The van der Waals surface area contributed by atoms with Crippen LogP contribution in [0, 0.1) is 6.92 Å². The minimum atomic E-state index is -1.05. The summed E-state index contributed by atoms with van der Waals surface area (Å²) in [6.45, 7) is 3.35. The van der Waals surface area contributed by atoms with E-state index in [-0.39, 0.29) is 0 Å². The molecule has 0 radical (unpaired) electrons. The molecule has 1 aliphatic carbocycles. The number of carboxylic acids is 1. The quantitative estimate of drug-likeness (QED) is 0.853. The monoisotopic (exact) mass is 222 g/mol. The summed E-state index contributed by atoms with van der Waals surface area (Å²) in [5, 5.41) is 9.22. The molecule has 1 N–H and O–H groups in total. The van der Waals surface area contributed by atoms with Crippen LogP contribution in [0.3, 0.4) is 0 Å². The van der Waals surface area contributed by atoms with Gasteiger partial charge in [-0.05, 0) is 43.4 Å². The van der Waals surface area contributed by atoms with Gasteiger partial charge in [-0.3, -0.25) is 4.79 Å². The fourth-order valence-corrected chi connectivity index (χ4v) is 2.13. The third-order valence-electron chi connectivity index (χ3n) is 3.40. The molecule has 0 heterocycles. The van der Waals surface area contributed by atoms with Gasteiger partial charge in [-0.2, -0.15) is 0 Å². The second-order valence-electron chi connectivity index (χ2n) is 4.58. The summed E-state index contributed by atoms with van der Waals surface area (Å²) in [7, 11) is 0. The van der Waals surface area contributed by atoms with E-state index in [9.17, 15) is 14.3 Å². The van der Waals surface area contributed by atoms with Gasteiger partial charge >= 0.3 is 5.97 Å². The first-order valence-corrected chi connectivity index (χ1v) is 5.46. The summed E-state index contributed by atoms with van der Waals surface area (Å²) in [6.07, 6.45) is 0.268. The molecule has 0 saturated heterocycles. The van der Waals surface area contributed by atoms with Crippen LogP contribution >= 0.6 is 0 Å². The highest BCUT2D eigenvalue weighted by Crippen LogP contribution is 2.50. The van der Waals surface area contributed by atoms with Crippen molar-refractivity contribution in [2.75, 3.05) is 0 Å². The Morgan fingerprint density at radius 3 is 2.56 bits per heavy atom. The Labute approximate surface area is 94.1 Å². The van der Waals surface area contributed by atoms with E-state index >= 15 is 0 Å². The number of halogens is 1. The number of hydrogen-bond donors (Lipinski definition) is 1. The zero-order chi connectivity index (χ0) is 11.9. The van der Waals surface area contributed by atoms with E-state index in [1.807, 2.05) is 13.0 Å². The van der Waals surface area contributed by atoms with Crippen LogP contribution in [-0.2, 0) is 10.2 Å². The molecule has 0 aliphatic heterocycles. The first kappa shape index (κ1) is 11.1. The maximum atomic E-state index is 13.2. The van der Waals surface area contributed by atoms with Crippen molar-refractivity contribution in [1.82, 2.24) is 0 Å². The topological polar surface area (TPSA) is 37.3 Å². The van der Waals surface area contributed by atoms with Crippen molar-refractivity contribution in [3.63, 3.8) is 0 Å². The van der Waals surface area contributed by atoms with Crippen LogP contribution < -0.4 is 0 Å². The second kappa shape index (κ2) is 3.58. The Morgan fingerprint density at radius 1 is 1.50 bits per heavy atom. The van der Waals surface area contributed by atoms with Crippen molar-refractivity contribution in [2.24, 2.45) is 0 Å². The lowest BCUT2D eigenvalue weighted by molar-refractivity contribution is -0.140. The fraction of sp³-hybridized carbons (Fsp3) is 0.462. The van der Waals surface area contributed by atoms with Gasteiger partial charge in [0.25, 0.3) is 0 Å². The lowest BCUT2D eigenvalue weighted by Gasteiger charge is -2.15. The highest BCUT2D eigenvalue weighted by Gasteiger charge is 2.52. The molecule has 16 heavy (non-hydrogen) atoms. The van der Waals surface area contributed by atoms with Gasteiger partial charge in [-0.1, -0.05) is 18.2 Å². The van der Waals surface area contributed by atoms with Gasteiger partial charge in [0.1, 0.15) is 6.17 Å². The largest absolute Gasteiger partial charge is 0.481 e. The number of rotatable bonds is 3. The lowest BCUT2D eigenvalue weighted by atomic mass is 9.90. The molecular weight excluding hydrogens is 207 g/mol. The number of carboxylic acid groups (broad SMARTS) is 1. The summed E-state index contributed by atoms with van der Waals surface area (Å²) in [4.78, 5) is 11.2. The highest BCUT2D eigenvalue weighted by atomic mass is 19.1. The Bertz CT molecular complexity index is 434. The molecule has 1 fully saturated rings. The normalized spacial score (nSPS) is 19.2. The van der Waals surface area contributed by atoms with Gasteiger partial charge in [0.15, 0.2) is 0 Å². The number of benzene rings is 1. The molecule has 1 aliphatic rings. The van der Waals surface area contributed by atoms with E-state index in [0.717, 1.165) is 11.1 Å². The first-order chi connectivity index (χ1) is 7.47.